The molecule has 20 heavy (non-hydrogen) atoms. The third-order valence-electron chi connectivity index (χ3n) is 3.21. The van der Waals surface area contributed by atoms with Crippen LogP contribution < -0.4 is 15.8 Å². The minimum absolute atomic E-state index is 0.217. The van der Waals surface area contributed by atoms with Gasteiger partial charge in [0.05, 0.1) is 18.4 Å². The highest BCUT2D eigenvalue weighted by Crippen LogP contribution is 2.19. The Balaban J connectivity index is 2.09. The van der Waals surface area contributed by atoms with Gasteiger partial charge in [-0.05, 0) is 26.0 Å². The zero-order valence-electron chi connectivity index (χ0n) is 11.8. The Labute approximate surface area is 117 Å². The zero-order valence-corrected chi connectivity index (χ0v) is 11.8. The van der Waals surface area contributed by atoms with Crippen LogP contribution in [0.5, 0.6) is 5.75 Å². The Morgan fingerprint density at radius 1 is 1.45 bits per heavy atom. The lowest BCUT2D eigenvalue weighted by Gasteiger charge is -2.09. The number of carbonyl (C=O) groups is 1. The Kier molecular flexibility index (Phi) is 3.93. The number of benzene rings is 1. The van der Waals surface area contributed by atoms with Crippen LogP contribution in [0.4, 0.5) is 5.69 Å². The molecule has 0 saturated heterocycles. The SMILES string of the molecule is COc1ccc(C(=O)NCc2c(C)n[nH]c2C)c(N)c1. The molecule has 0 saturated carbocycles. The van der Waals surface area contributed by atoms with Gasteiger partial charge in [-0.25, -0.2) is 0 Å². The van der Waals surface area contributed by atoms with Crippen LogP contribution in [-0.2, 0) is 6.54 Å². The minimum atomic E-state index is -0.217. The molecule has 106 valence electrons. The van der Waals surface area contributed by atoms with Crippen LogP contribution in [0.3, 0.4) is 0 Å². The molecule has 1 aromatic heterocycles. The summed E-state index contributed by atoms with van der Waals surface area (Å²) in [4.78, 5) is 12.1. The smallest absolute Gasteiger partial charge is 0.253 e. The summed E-state index contributed by atoms with van der Waals surface area (Å²) >= 11 is 0. The largest absolute Gasteiger partial charge is 0.497 e. The first-order valence-corrected chi connectivity index (χ1v) is 6.25. The fraction of sp³-hybridized carbons (Fsp3) is 0.286. The molecule has 0 aliphatic carbocycles. The number of hydrogen-bond acceptors (Lipinski definition) is 4. The topological polar surface area (TPSA) is 93.0 Å². The number of nitrogens with zero attached hydrogens (tertiary/aromatic N) is 1. The third kappa shape index (κ3) is 2.74. The van der Waals surface area contributed by atoms with E-state index in [9.17, 15) is 4.79 Å². The van der Waals surface area contributed by atoms with Gasteiger partial charge in [-0.1, -0.05) is 0 Å². The van der Waals surface area contributed by atoms with Crippen molar-refractivity contribution in [2.75, 3.05) is 12.8 Å². The molecule has 0 atom stereocenters. The normalized spacial score (nSPS) is 10.3. The summed E-state index contributed by atoms with van der Waals surface area (Å²) in [5.41, 5.74) is 9.49. The summed E-state index contributed by atoms with van der Waals surface area (Å²) in [6, 6.07) is 4.99. The van der Waals surface area contributed by atoms with E-state index in [0.29, 0.717) is 23.5 Å². The van der Waals surface area contributed by atoms with Gasteiger partial charge in [-0.3, -0.25) is 9.89 Å². The molecule has 1 amide bonds. The standard InChI is InChI=1S/C14H18N4O2/c1-8-12(9(2)18-17-8)7-16-14(19)11-5-4-10(20-3)6-13(11)15/h4-6H,7,15H2,1-3H3,(H,16,19)(H,17,18). The van der Waals surface area contributed by atoms with E-state index in [1.54, 1.807) is 25.3 Å². The predicted octanol–water partition coefficient (Wildman–Crippen LogP) is 1.55. The summed E-state index contributed by atoms with van der Waals surface area (Å²) in [5, 5.41) is 9.82. The van der Waals surface area contributed by atoms with E-state index in [0.717, 1.165) is 17.0 Å². The Bertz CT molecular complexity index is 615. The monoisotopic (exact) mass is 274 g/mol. The van der Waals surface area contributed by atoms with Crippen LogP contribution >= 0.6 is 0 Å². The minimum Gasteiger partial charge on any atom is -0.497 e. The summed E-state index contributed by atoms with van der Waals surface area (Å²) in [7, 11) is 1.55. The summed E-state index contributed by atoms with van der Waals surface area (Å²) < 4.78 is 5.06. The number of hydrogen-bond donors (Lipinski definition) is 3. The van der Waals surface area contributed by atoms with E-state index < -0.39 is 0 Å². The number of methoxy groups -OCH3 is 1. The highest BCUT2D eigenvalue weighted by Gasteiger charge is 2.12. The number of amides is 1. The van der Waals surface area contributed by atoms with Gasteiger partial charge in [-0.2, -0.15) is 5.10 Å². The van der Waals surface area contributed by atoms with Crippen LogP contribution in [0.1, 0.15) is 27.3 Å². The number of H-pyrrole nitrogens is 1. The first-order valence-electron chi connectivity index (χ1n) is 6.25. The quantitative estimate of drug-likeness (QED) is 0.737. The number of ether oxygens (including phenoxy) is 1. The maximum Gasteiger partial charge on any atom is 0.253 e. The second-order valence-corrected chi connectivity index (χ2v) is 4.55. The highest BCUT2D eigenvalue weighted by atomic mass is 16.5. The Morgan fingerprint density at radius 3 is 2.75 bits per heavy atom. The number of aryl methyl sites for hydroxylation is 2. The molecular formula is C14H18N4O2. The molecule has 6 nitrogen and oxygen atoms in total. The molecule has 0 bridgehead atoms. The molecule has 0 unspecified atom stereocenters. The van der Waals surface area contributed by atoms with Crippen molar-refractivity contribution in [3.05, 3.63) is 40.7 Å². The molecule has 1 aromatic carbocycles. The number of nitrogens with two attached hydrogens (primary N) is 1. The fourth-order valence-corrected chi connectivity index (χ4v) is 1.97. The molecule has 0 fully saturated rings. The van der Waals surface area contributed by atoms with Crippen molar-refractivity contribution >= 4 is 11.6 Å². The van der Waals surface area contributed by atoms with E-state index in [1.165, 1.54) is 0 Å². The maximum atomic E-state index is 12.1. The van der Waals surface area contributed by atoms with Gasteiger partial charge in [0.2, 0.25) is 0 Å². The lowest BCUT2D eigenvalue weighted by atomic mass is 10.1. The second-order valence-electron chi connectivity index (χ2n) is 4.55. The van der Waals surface area contributed by atoms with Crippen molar-refractivity contribution in [3.8, 4) is 5.75 Å². The number of rotatable bonds is 4. The summed E-state index contributed by atoms with van der Waals surface area (Å²) in [6.07, 6.45) is 0. The van der Waals surface area contributed by atoms with Gasteiger partial charge in [0.15, 0.2) is 0 Å². The Hall–Kier alpha value is -2.50. The second kappa shape index (κ2) is 5.64. The van der Waals surface area contributed by atoms with Crippen LogP contribution in [0, 0.1) is 13.8 Å². The lowest BCUT2D eigenvalue weighted by Crippen LogP contribution is -2.24. The fourth-order valence-electron chi connectivity index (χ4n) is 1.97. The molecule has 6 heteroatoms. The van der Waals surface area contributed by atoms with Crippen LogP contribution in [0.25, 0.3) is 0 Å². The summed E-state index contributed by atoms with van der Waals surface area (Å²) in [5.74, 6) is 0.408. The van der Waals surface area contributed by atoms with E-state index >= 15 is 0 Å². The van der Waals surface area contributed by atoms with Crippen molar-refractivity contribution in [3.63, 3.8) is 0 Å². The number of nitrogen functional groups attached to an aromatic ring is 1. The molecule has 4 N–H and O–H groups in total. The maximum absolute atomic E-state index is 12.1. The van der Waals surface area contributed by atoms with Crippen molar-refractivity contribution in [2.24, 2.45) is 0 Å². The zero-order chi connectivity index (χ0) is 14.7. The average Bonchev–Trinajstić information content (AvgIpc) is 2.75. The average molecular weight is 274 g/mol. The highest BCUT2D eigenvalue weighted by molar-refractivity contribution is 5.99. The molecular weight excluding hydrogens is 256 g/mol. The van der Waals surface area contributed by atoms with Crippen LogP contribution in [-0.4, -0.2) is 23.2 Å². The molecule has 0 radical (unpaired) electrons. The number of nitrogens with one attached hydrogen (secondary N) is 2. The van der Waals surface area contributed by atoms with Crippen molar-refractivity contribution < 1.29 is 9.53 Å². The van der Waals surface area contributed by atoms with E-state index in [1.807, 2.05) is 13.8 Å². The molecule has 2 aromatic rings. The molecule has 0 aliphatic rings. The number of aromatic amines is 1. The van der Waals surface area contributed by atoms with Gasteiger partial charge in [-0.15, -0.1) is 0 Å². The van der Waals surface area contributed by atoms with Gasteiger partial charge in [0, 0.05) is 29.6 Å². The first-order chi connectivity index (χ1) is 9.52. The van der Waals surface area contributed by atoms with Gasteiger partial charge in [0.1, 0.15) is 5.75 Å². The molecule has 0 spiro atoms. The lowest BCUT2D eigenvalue weighted by molar-refractivity contribution is 0.0951. The van der Waals surface area contributed by atoms with Gasteiger partial charge < -0.3 is 15.8 Å². The summed E-state index contributed by atoms with van der Waals surface area (Å²) in [6.45, 7) is 4.23. The third-order valence-corrected chi connectivity index (χ3v) is 3.21. The van der Waals surface area contributed by atoms with E-state index in [2.05, 4.69) is 15.5 Å². The first kappa shape index (κ1) is 13.9. The van der Waals surface area contributed by atoms with E-state index in [4.69, 9.17) is 10.5 Å². The number of anilines is 1. The van der Waals surface area contributed by atoms with Gasteiger partial charge in [0.25, 0.3) is 5.91 Å². The molecule has 0 aliphatic heterocycles. The van der Waals surface area contributed by atoms with Crippen LogP contribution in [0.15, 0.2) is 18.2 Å². The molecule has 2 rings (SSSR count). The van der Waals surface area contributed by atoms with Crippen LogP contribution in [0.2, 0.25) is 0 Å². The number of aromatic nitrogens is 2. The van der Waals surface area contributed by atoms with Crippen molar-refractivity contribution in [2.45, 2.75) is 20.4 Å². The predicted molar refractivity (Wildman–Crippen MR) is 76.6 cm³/mol. The van der Waals surface area contributed by atoms with Crippen molar-refractivity contribution in [1.82, 2.24) is 15.5 Å². The number of carbonyl (C=O) groups excluding carboxylic acids is 1. The van der Waals surface area contributed by atoms with Gasteiger partial charge >= 0.3 is 0 Å². The van der Waals surface area contributed by atoms with Crippen molar-refractivity contribution in [1.29, 1.82) is 0 Å². The Morgan fingerprint density at radius 2 is 2.20 bits per heavy atom. The van der Waals surface area contributed by atoms with E-state index in [-0.39, 0.29) is 5.91 Å². The molecule has 1 heterocycles.